The molecule has 1 saturated carbocycles. The monoisotopic (exact) mass is 569 g/mol. The van der Waals surface area contributed by atoms with E-state index < -0.39 is 11.7 Å². The number of nitrogens with one attached hydrogen (secondary N) is 1. The number of carbonyl (C=O) groups excluding carboxylic acids is 1. The van der Waals surface area contributed by atoms with E-state index in [0.29, 0.717) is 34.1 Å². The molecule has 218 valence electrons. The van der Waals surface area contributed by atoms with Gasteiger partial charge in [-0.05, 0) is 74.8 Å². The maximum absolute atomic E-state index is 15.3. The molecule has 1 aliphatic heterocycles. The summed E-state index contributed by atoms with van der Waals surface area (Å²) in [6.07, 6.45) is 13.1. The van der Waals surface area contributed by atoms with Crippen molar-refractivity contribution in [2.24, 2.45) is 17.8 Å². The Morgan fingerprint density at radius 2 is 2.14 bits per heavy atom. The van der Waals surface area contributed by atoms with Crippen molar-refractivity contribution in [3.8, 4) is 11.3 Å². The summed E-state index contributed by atoms with van der Waals surface area (Å²) in [4.78, 5) is 27.5. The van der Waals surface area contributed by atoms with E-state index >= 15 is 4.39 Å². The Hall–Kier alpha value is -4.08. The van der Waals surface area contributed by atoms with E-state index in [1.165, 1.54) is 11.0 Å². The first kappa shape index (κ1) is 28.1. The second-order valence-electron chi connectivity index (χ2n) is 11.3. The minimum absolute atomic E-state index is 0.0830. The van der Waals surface area contributed by atoms with Crippen LogP contribution < -0.4 is 10.6 Å². The summed E-state index contributed by atoms with van der Waals surface area (Å²) in [5, 5.41) is 11.4. The minimum Gasteiger partial charge on any atom is -0.392 e. The van der Waals surface area contributed by atoms with Crippen molar-refractivity contribution in [3.63, 3.8) is 0 Å². The molecule has 0 spiro atoms. The number of aliphatic hydroxyl groups is 1. The first-order valence-corrected chi connectivity index (χ1v) is 14.5. The Bertz CT molecular complexity index is 1670. The van der Waals surface area contributed by atoms with Gasteiger partial charge in [-0.1, -0.05) is 30.4 Å². The number of hydrogen-bond acceptors (Lipinski definition) is 6. The fourth-order valence-electron chi connectivity index (χ4n) is 6.03. The van der Waals surface area contributed by atoms with Crippen LogP contribution >= 0.6 is 0 Å². The normalized spacial score (nSPS) is 21.4. The first-order valence-electron chi connectivity index (χ1n) is 14.5. The van der Waals surface area contributed by atoms with E-state index in [1.807, 2.05) is 38.1 Å². The second kappa shape index (κ2) is 11.3. The van der Waals surface area contributed by atoms with Crippen LogP contribution in [0.25, 0.3) is 27.9 Å². The molecular formula is C33H36FN5O3. The zero-order chi connectivity index (χ0) is 29.5. The topological polar surface area (TPSA) is 117 Å². The van der Waals surface area contributed by atoms with Gasteiger partial charge in [-0.2, -0.15) is 4.98 Å². The van der Waals surface area contributed by atoms with Gasteiger partial charge < -0.3 is 20.6 Å². The van der Waals surface area contributed by atoms with Crippen molar-refractivity contribution >= 4 is 34.1 Å². The smallest absolute Gasteiger partial charge is 0.241 e. The van der Waals surface area contributed by atoms with E-state index in [0.717, 1.165) is 47.9 Å². The van der Waals surface area contributed by atoms with Gasteiger partial charge in [-0.15, -0.1) is 0 Å². The largest absolute Gasteiger partial charge is 0.392 e. The van der Waals surface area contributed by atoms with Crippen molar-refractivity contribution in [1.82, 2.24) is 15.0 Å². The Morgan fingerprint density at radius 1 is 1.33 bits per heavy atom. The van der Waals surface area contributed by atoms with Gasteiger partial charge >= 0.3 is 0 Å². The molecule has 3 aliphatic rings. The molecule has 3 aromatic rings. The third kappa shape index (κ3) is 5.07. The zero-order valence-corrected chi connectivity index (χ0v) is 24.1. The number of carbonyl (C=O) groups is 1. The molecule has 8 nitrogen and oxygen atoms in total. The van der Waals surface area contributed by atoms with E-state index in [-0.39, 0.29) is 30.5 Å². The SMILES string of the molecule is C/C=C(\CCC(C)OC)c1cc2c(-c3cccc(N4C=CC5C=C(C6CC6)C=C(F)C5C4=O)c3CO)nc(N)nc2[nH]1. The molecule has 3 heterocycles. The van der Waals surface area contributed by atoms with Gasteiger partial charge in [-0.3, -0.25) is 9.69 Å². The van der Waals surface area contributed by atoms with Gasteiger partial charge in [0, 0.05) is 41.4 Å². The number of hydrogen-bond donors (Lipinski definition) is 3. The van der Waals surface area contributed by atoms with Crippen LogP contribution in [0.1, 0.15) is 50.8 Å². The number of methoxy groups -OCH3 is 1. The van der Waals surface area contributed by atoms with Gasteiger partial charge in [-0.25, -0.2) is 9.37 Å². The van der Waals surface area contributed by atoms with Crippen LogP contribution in [-0.2, 0) is 16.1 Å². The van der Waals surface area contributed by atoms with Crippen LogP contribution in [0.3, 0.4) is 0 Å². The number of aromatic nitrogens is 3. The summed E-state index contributed by atoms with van der Waals surface area (Å²) in [6.45, 7) is 3.67. The Morgan fingerprint density at radius 3 is 2.86 bits per heavy atom. The minimum atomic E-state index is -0.915. The number of aromatic amines is 1. The predicted molar refractivity (Wildman–Crippen MR) is 163 cm³/mol. The summed E-state index contributed by atoms with van der Waals surface area (Å²) in [5.41, 5.74) is 11.8. The fourth-order valence-corrected chi connectivity index (χ4v) is 6.03. The molecule has 0 radical (unpaired) electrons. The molecular weight excluding hydrogens is 533 g/mol. The third-order valence-corrected chi connectivity index (χ3v) is 8.63. The molecule has 0 saturated heterocycles. The maximum atomic E-state index is 15.3. The summed E-state index contributed by atoms with van der Waals surface area (Å²) in [7, 11) is 1.70. The molecule has 1 aromatic carbocycles. The number of amides is 1. The number of nitrogens with zero attached hydrogens (tertiary/aromatic N) is 3. The number of ether oxygens (including phenoxy) is 1. The van der Waals surface area contributed by atoms with Crippen molar-refractivity contribution < 1.29 is 19.0 Å². The van der Waals surface area contributed by atoms with Crippen molar-refractivity contribution in [1.29, 1.82) is 0 Å². The number of allylic oxidation sites excluding steroid dienone is 6. The van der Waals surface area contributed by atoms with Gasteiger partial charge in [0.2, 0.25) is 11.9 Å². The van der Waals surface area contributed by atoms with Crippen LogP contribution in [0.15, 0.2) is 66.2 Å². The maximum Gasteiger partial charge on any atom is 0.241 e. The number of halogens is 1. The average Bonchev–Trinajstić information content (AvgIpc) is 3.76. The van der Waals surface area contributed by atoms with Crippen LogP contribution in [0.2, 0.25) is 0 Å². The van der Waals surface area contributed by atoms with Crippen LogP contribution in [0.5, 0.6) is 0 Å². The number of fused-ring (bicyclic) bond motifs is 2. The molecule has 3 unspecified atom stereocenters. The predicted octanol–water partition coefficient (Wildman–Crippen LogP) is 6.21. The Kier molecular flexibility index (Phi) is 7.55. The van der Waals surface area contributed by atoms with Gasteiger partial charge in [0.15, 0.2) is 0 Å². The molecule has 2 aromatic heterocycles. The highest BCUT2D eigenvalue weighted by Gasteiger charge is 2.41. The highest BCUT2D eigenvalue weighted by atomic mass is 19.1. The van der Waals surface area contributed by atoms with Crippen LogP contribution in [0, 0.1) is 17.8 Å². The van der Waals surface area contributed by atoms with E-state index in [9.17, 15) is 9.90 Å². The number of benzene rings is 1. The highest BCUT2D eigenvalue weighted by molar-refractivity contribution is 6.02. The molecule has 9 heteroatoms. The summed E-state index contributed by atoms with van der Waals surface area (Å²) in [5.74, 6) is -1.52. The number of anilines is 2. The molecule has 2 aliphatic carbocycles. The van der Waals surface area contributed by atoms with E-state index in [1.54, 1.807) is 25.4 Å². The van der Waals surface area contributed by atoms with Gasteiger partial charge in [0.05, 0.1) is 24.1 Å². The van der Waals surface area contributed by atoms with Crippen molar-refractivity contribution in [2.75, 3.05) is 17.7 Å². The lowest BCUT2D eigenvalue weighted by atomic mass is 9.80. The van der Waals surface area contributed by atoms with Gasteiger partial charge in [0.1, 0.15) is 17.4 Å². The second-order valence-corrected chi connectivity index (χ2v) is 11.3. The lowest BCUT2D eigenvalue weighted by Gasteiger charge is -2.34. The lowest BCUT2D eigenvalue weighted by molar-refractivity contribution is -0.122. The number of nitrogens with two attached hydrogens (primary N) is 1. The van der Waals surface area contributed by atoms with E-state index in [2.05, 4.69) is 21.0 Å². The molecule has 0 bridgehead atoms. The number of aliphatic hydroxyl groups excluding tert-OH is 1. The third-order valence-electron chi connectivity index (χ3n) is 8.63. The lowest BCUT2D eigenvalue weighted by Crippen LogP contribution is -2.40. The van der Waals surface area contributed by atoms with Gasteiger partial charge in [0.25, 0.3) is 0 Å². The summed E-state index contributed by atoms with van der Waals surface area (Å²) < 4.78 is 20.7. The molecule has 6 rings (SSSR count). The zero-order valence-electron chi connectivity index (χ0n) is 24.1. The highest BCUT2D eigenvalue weighted by Crippen LogP contribution is 2.45. The molecule has 1 fully saturated rings. The quantitative estimate of drug-likeness (QED) is 0.282. The van der Waals surface area contributed by atoms with Crippen LogP contribution in [-0.4, -0.2) is 39.2 Å². The number of H-pyrrole nitrogens is 1. The Balaban J connectivity index is 1.39. The van der Waals surface area contributed by atoms with E-state index in [4.69, 9.17) is 10.5 Å². The fraction of sp³-hybridized carbons (Fsp3) is 0.364. The molecule has 1 amide bonds. The molecule has 42 heavy (non-hydrogen) atoms. The Labute approximate surface area is 244 Å². The molecule has 4 N–H and O–H groups in total. The molecule has 3 atom stereocenters. The number of nitrogen functional groups attached to an aromatic ring is 1. The van der Waals surface area contributed by atoms with Crippen molar-refractivity contribution in [2.45, 2.75) is 52.2 Å². The summed E-state index contributed by atoms with van der Waals surface area (Å²) in [6, 6.07) is 7.39. The standard InChI is InChI=1S/C33H36FN5O3/c1-4-19(9-8-18(2)42-3)27-16-24-30(37-33(35)38-31(24)36-27)23-6-5-7-28(25(23)17-40)39-13-12-21-14-22(20-10-11-20)15-26(34)29(21)32(39)41/h4-7,12-16,18,20-21,29,40H,8-11,17H2,1-3H3,(H3,35,36,37,38)/b19-4+. The number of rotatable bonds is 9. The van der Waals surface area contributed by atoms with Crippen LogP contribution in [0.4, 0.5) is 16.0 Å². The average molecular weight is 570 g/mol. The van der Waals surface area contributed by atoms with Crippen molar-refractivity contribution in [3.05, 3.63) is 77.4 Å². The summed E-state index contributed by atoms with van der Waals surface area (Å²) >= 11 is 0. The first-order chi connectivity index (χ1) is 20.3.